The van der Waals surface area contributed by atoms with Crippen molar-refractivity contribution in [2.24, 2.45) is 11.8 Å². The van der Waals surface area contributed by atoms with Crippen molar-refractivity contribution in [3.05, 3.63) is 46.6 Å². The topological polar surface area (TPSA) is 0 Å². The van der Waals surface area contributed by atoms with Crippen LogP contribution in [0.3, 0.4) is 0 Å². The summed E-state index contributed by atoms with van der Waals surface area (Å²) in [5.41, 5.74) is 5.44. The van der Waals surface area contributed by atoms with Crippen molar-refractivity contribution in [2.45, 2.75) is 54.6 Å². The molecule has 0 amide bonds. The fourth-order valence-corrected chi connectivity index (χ4v) is 1.93. The molecule has 0 spiro atoms. The van der Waals surface area contributed by atoms with Gasteiger partial charge in [-0.25, -0.2) is 23.3 Å². The molecule has 22 heavy (non-hydrogen) atoms. The van der Waals surface area contributed by atoms with Crippen molar-refractivity contribution in [1.82, 2.24) is 0 Å². The fraction of sp³-hybridized carbons (Fsp3) is 0.556. The van der Waals surface area contributed by atoms with Gasteiger partial charge in [0.05, 0.1) is 0 Å². The molecule has 0 nitrogen and oxygen atoms in total. The van der Waals surface area contributed by atoms with E-state index in [2.05, 4.69) is 65.8 Å². The minimum atomic E-state index is -1.67. The van der Waals surface area contributed by atoms with Crippen LogP contribution in [0, 0.1) is 24.0 Å². The molecule has 0 fully saturated rings. The quantitative estimate of drug-likeness (QED) is 0.223. The Balaban J connectivity index is 0. The van der Waals surface area contributed by atoms with Gasteiger partial charge in [0.2, 0.25) is 6.69 Å². The molecule has 2 aliphatic rings. The van der Waals surface area contributed by atoms with Gasteiger partial charge in [0.25, 0.3) is 0 Å². The van der Waals surface area contributed by atoms with Gasteiger partial charge in [-0.2, -0.15) is 11.1 Å². The number of hydrogen-bond acceptors (Lipinski definition) is 0. The van der Waals surface area contributed by atoms with E-state index in [1.54, 1.807) is 0 Å². The predicted octanol–water partition coefficient (Wildman–Crippen LogP) is 6.83. The summed E-state index contributed by atoms with van der Waals surface area (Å²) in [6.45, 7) is 14.9. The molecule has 2 unspecified atom stereocenters. The molecule has 0 saturated heterocycles. The Labute approximate surface area is 167 Å². The third-order valence-electron chi connectivity index (χ3n) is 3.14. The molecule has 0 aromatic heterocycles. The second-order valence-electron chi connectivity index (χ2n) is 6.20. The second kappa shape index (κ2) is 11.2. The summed E-state index contributed by atoms with van der Waals surface area (Å²) in [6.07, 6.45) is 11.0. The molecule has 0 aromatic carbocycles. The molecule has 0 aliphatic heterocycles. The summed E-state index contributed by atoms with van der Waals surface area (Å²) in [5.74, 6) is 1.13. The van der Waals surface area contributed by atoms with Gasteiger partial charge < -0.3 is 0 Å². The van der Waals surface area contributed by atoms with Crippen LogP contribution >= 0.6 is 22.2 Å². The van der Waals surface area contributed by atoms with Crippen molar-refractivity contribution >= 4 is 28.9 Å². The average Bonchev–Trinajstić information content (AvgIpc) is 2.68. The summed E-state index contributed by atoms with van der Waals surface area (Å²) in [7, 11) is 0. The van der Waals surface area contributed by atoms with Gasteiger partial charge in [-0.1, -0.05) is 53.4 Å². The normalized spacial score (nSPS) is 22.8. The van der Waals surface area contributed by atoms with E-state index >= 15 is 0 Å². The van der Waals surface area contributed by atoms with E-state index in [9.17, 15) is 0 Å². The zero-order valence-corrected chi connectivity index (χ0v) is 20.0. The maximum Gasteiger partial charge on any atom is 2.00 e. The Morgan fingerprint density at radius 1 is 0.818 bits per heavy atom. The van der Waals surface area contributed by atoms with Gasteiger partial charge in [0, 0.05) is 0 Å². The summed E-state index contributed by atoms with van der Waals surface area (Å²) >= 11 is 10.9. The zero-order chi connectivity index (χ0) is 16.8. The molecule has 2 rings (SSSR count). The third-order valence-corrected chi connectivity index (χ3v) is 3.14. The van der Waals surface area contributed by atoms with E-state index in [1.165, 1.54) is 22.3 Å². The molecular formula is C18H28Cl2SiZr. The monoisotopic (exact) mass is 432 g/mol. The molecule has 0 N–H and O–H groups in total. The molecule has 2 aliphatic carbocycles. The second-order valence-corrected chi connectivity index (χ2v) is 15.1. The molecular weight excluding hydrogens is 406 g/mol. The van der Waals surface area contributed by atoms with Crippen LogP contribution in [-0.2, 0) is 26.2 Å². The molecule has 0 radical (unpaired) electrons. The first-order chi connectivity index (χ1) is 9.40. The first-order valence-electron chi connectivity index (χ1n) is 7.34. The summed E-state index contributed by atoms with van der Waals surface area (Å²) in [6, 6.07) is 0. The summed E-state index contributed by atoms with van der Waals surface area (Å²) < 4.78 is 0. The van der Waals surface area contributed by atoms with E-state index in [1.807, 2.05) is 13.1 Å². The number of allylic oxidation sites excluding steroid dienone is 8. The smallest absolute Gasteiger partial charge is 0.266 e. The Hall–Kier alpha value is 0.640. The van der Waals surface area contributed by atoms with Crippen molar-refractivity contribution in [1.29, 1.82) is 0 Å². The van der Waals surface area contributed by atoms with Crippen molar-refractivity contribution < 1.29 is 26.2 Å². The standard InChI is InChI=1S/2C8H11.C2H6Cl2Si.Zr/c2*1-6-4-7(2)8(3)5-6;1-5(2,3)4;/h2*4,8H,1-3H3;1-2H3;/q2*-1;;+2. The minimum Gasteiger partial charge on any atom is -0.266 e. The van der Waals surface area contributed by atoms with E-state index in [0.717, 1.165) is 0 Å². The minimum absolute atomic E-state index is 0. The Morgan fingerprint density at radius 3 is 1.09 bits per heavy atom. The van der Waals surface area contributed by atoms with E-state index in [0.29, 0.717) is 11.8 Å². The van der Waals surface area contributed by atoms with Gasteiger partial charge in [-0.3, -0.25) is 12.2 Å². The molecule has 4 heteroatoms. The maximum atomic E-state index is 5.43. The van der Waals surface area contributed by atoms with Crippen molar-refractivity contribution in [2.75, 3.05) is 0 Å². The van der Waals surface area contributed by atoms with Crippen LogP contribution in [-0.4, -0.2) is 6.69 Å². The van der Waals surface area contributed by atoms with E-state index in [4.69, 9.17) is 22.2 Å². The molecule has 0 aromatic rings. The van der Waals surface area contributed by atoms with Gasteiger partial charge in [-0.15, -0.1) is 22.2 Å². The van der Waals surface area contributed by atoms with Crippen LogP contribution in [0.25, 0.3) is 0 Å². The Kier molecular flexibility index (Phi) is 12.7. The average molecular weight is 435 g/mol. The van der Waals surface area contributed by atoms with Gasteiger partial charge in [-0.05, 0) is 13.1 Å². The first-order valence-corrected chi connectivity index (χ1v) is 12.4. The maximum absolute atomic E-state index is 5.43. The summed E-state index contributed by atoms with van der Waals surface area (Å²) in [4.78, 5) is 0. The molecule has 0 heterocycles. The van der Waals surface area contributed by atoms with Crippen LogP contribution in [0.4, 0.5) is 0 Å². The van der Waals surface area contributed by atoms with Crippen LogP contribution in [0.2, 0.25) is 13.1 Å². The fourth-order valence-electron chi connectivity index (χ4n) is 1.93. The largest absolute Gasteiger partial charge is 2.00 e. The SMILES string of the molecule is CC1=[C-]C(C)C(C)=C1.CC1=[C-]C(C)C(C)=C1.C[Si](C)(Cl)Cl.[Zr+2]. The van der Waals surface area contributed by atoms with Gasteiger partial charge in [0.15, 0.2) is 0 Å². The Morgan fingerprint density at radius 2 is 1.05 bits per heavy atom. The Bertz CT molecular complexity index is 424. The predicted molar refractivity (Wildman–Crippen MR) is 99.9 cm³/mol. The van der Waals surface area contributed by atoms with Crippen molar-refractivity contribution in [3.8, 4) is 0 Å². The molecule has 122 valence electrons. The van der Waals surface area contributed by atoms with Crippen LogP contribution in [0.15, 0.2) is 34.4 Å². The molecule has 2 atom stereocenters. The van der Waals surface area contributed by atoms with Gasteiger partial charge in [0.1, 0.15) is 0 Å². The summed E-state index contributed by atoms with van der Waals surface area (Å²) in [5, 5.41) is 0. The van der Waals surface area contributed by atoms with Crippen LogP contribution in [0.5, 0.6) is 0 Å². The number of rotatable bonds is 0. The van der Waals surface area contributed by atoms with Crippen molar-refractivity contribution in [3.63, 3.8) is 0 Å². The third kappa shape index (κ3) is 13.1. The van der Waals surface area contributed by atoms with Crippen LogP contribution in [0.1, 0.15) is 41.5 Å². The first kappa shape index (κ1) is 24.9. The van der Waals surface area contributed by atoms with E-state index < -0.39 is 6.69 Å². The zero-order valence-electron chi connectivity index (χ0n) is 15.1. The molecule has 0 bridgehead atoms. The number of hydrogen-bond donors (Lipinski definition) is 0. The van der Waals surface area contributed by atoms with Gasteiger partial charge >= 0.3 is 26.2 Å². The number of halogens is 2. The van der Waals surface area contributed by atoms with E-state index in [-0.39, 0.29) is 26.2 Å². The molecule has 0 saturated carbocycles. The van der Waals surface area contributed by atoms with Crippen LogP contribution < -0.4 is 0 Å².